The first-order valence-corrected chi connectivity index (χ1v) is 8.69. The van der Waals surface area contributed by atoms with Crippen molar-refractivity contribution in [3.05, 3.63) is 58.7 Å². The van der Waals surface area contributed by atoms with Gasteiger partial charge in [-0.25, -0.2) is 0 Å². The Morgan fingerprint density at radius 1 is 0.840 bits per heavy atom. The zero-order chi connectivity index (χ0) is 17.6. The number of nitrogen functional groups attached to an aromatic ring is 1. The van der Waals surface area contributed by atoms with Crippen molar-refractivity contribution in [3.8, 4) is 0 Å². The second-order valence-corrected chi connectivity index (χ2v) is 6.91. The fraction of sp³-hybridized carbons (Fsp3) is 0.300. The molecule has 0 bridgehead atoms. The van der Waals surface area contributed by atoms with Crippen molar-refractivity contribution in [1.82, 2.24) is 0 Å². The quantitative estimate of drug-likeness (QED) is 0.626. The lowest BCUT2D eigenvalue weighted by atomic mass is 9.82. The molecule has 0 atom stereocenters. The molecule has 0 saturated heterocycles. The van der Waals surface area contributed by atoms with Gasteiger partial charge >= 0.3 is 0 Å². The van der Waals surface area contributed by atoms with Crippen molar-refractivity contribution in [3.63, 3.8) is 0 Å². The molecule has 5 N–H and O–H groups in total. The molecule has 2 aliphatic carbocycles. The van der Waals surface area contributed by atoms with Crippen LogP contribution in [0.5, 0.6) is 0 Å². The topological polar surface area (TPSA) is 98.2 Å². The average molecular weight is 335 g/mol. The van der Waals surface area contributed by atoms with Gasteiger partial charge in [-0.05, 0) is 37.8 Å². The highest BCUT2D eigenvalue weighted by molar-refractivity contribution is 6.31. The zero-order valence-corrected chi connectivity index (χ0v) is 13.9. The van der Waals surface area contributed by atoms with E-state index in [1.165, 1.54) is 0 Å². The van der Waals surface area contributed by atoms with E-state index in [9.17, 15) is 9.59 Å². The Bertz CT molecular complexity index is 867. The van der Waals surface area contributed by atoms with Gasteiger partial charge in [0.15, 0.2) is 11.6 Å². The van der Waals surface area contributed by atoms with Crippen LogP contribution < -0.4 is 16.8 Å². The number of hydrogen-bond donors (Lipinski definition) is 3. The van der Waals surface area contributed by atoms with Crippen molar-refractivity contribution in [2.24, 2.45) is 5.73 Å². The molecule has 0 unspecified atom stereocenters. The highest BCUT2D eigenvalue weighted by Gasteiger charge is 2.33. The molecule has 0 radical (unpaired) electrons. The van der Waals surface area contributed by atoms with E-state index in [2.05, 4.69) is 5.32 Å². The summed E-state index contributed by atoms with van der Waals surface area (Å²) in [5.41, 5.74) is 14.7. The van der Waals surface area contributed by atoms with Crippen molar-refractivity contribution in [2.75, 3.05) is 11.1 Å². The maximum atomic E-state index is 13.1. The largest absolute Gasteiger partial charge is 0.398 e. The number of nitrogens with one attached hydrogen (secondary N) is 1. The van der Waals surface area contributed by atoms with E-state index in [1.807, 2.05) is 6.07 Å². The zero-order valence-electron chi connectivity index (χ0n) is 13.9. The van der Waals surface area contributed by atoms with Gasteiger partial charge in [-0.3, -0.25) is 9.59 Å². The number of benzene rings is 2. The molecule has 0 aromatic heterocycles. The van der Waals surface area contributed by atoms with Crippen LogP contribution in [-0.2, 0) is 0 Å². The third kappa shape index (κ3) is 2.61. The standard InChI is InChI=1S/C20H21N3O2/c21-11-5-7-12(8-6-11)23-16-10-9-15(22)17-18(16)20(25)14-4-2-1-3-13(14)19(17)24/h1-4,9-12,23H,5-8,21-22H2. The summed E-state index contributed by atoms with van der Waals surface area (Å²) in [6.07, 6.45) is 3.84. The van der Waals surface area contributed by atoms with E-state index in [-0.39, 0.29) is 23.7 Å². The van der Waals surface area contributed by atoms with Crippen LogP contribution in [0.25, 0.3) is 0 Å². The number of rotatable bonds is 2. The molecule has 5 heteroatoms. The van der Waals surface area contributed by atoms with Crippen LogP contribution in [0.3, 0.4) is 0 Å². The predicted octanol–water partition coefficient (Wildman–Crippen LogP) is 2.73. The molecule has 2 aromatic rings. The molecular formula is C20H21N3O2. The van der Waals surface area contributed by atoms with E-state index >= 15 is 0 Å². The molecule has 0 aliphatic heterocycles. The second-order valence-electron chi connectivity index (χ2n) is 6.91. The van der Waals surface area contributed by atoms with Crippen LogP contribution in [0.15, 0.2) is 36.4 Å². The summed E-state index contributed by atoms with van der Waals surface area (Å²) in [7, 11) is 0. The lowest BCUT2D eigenvalue weighted by Gasteiger charge is -2.29. The molecule has 5 nitrogen and oxygen atoms in total. The number of nitrogens with two attached hydrogens (primary N) is 2. The van der Waals surface area contributed by atoms with Gasteiger partial charge in [0.2, 0.25) is 0 Å². The molecule has 128 valence electrons. The molecule has 25 heavy (non-hydrogen) atoms. The third-order valence-corrected chi connectivity index (χ3v) is 5.24. The van der Waals surface area contributed by atoms with E-state index in [4.69, 9.17) is 11.5 Å². The second kappa shape index (κ2) is 6.01. The molecule has 0 amide bonds. The van der Waals surface area contributed by atoms with E-state index < -0.39 is 0 Å². The predicted molar refractivity (Wildman–Crippen MR) is 98.0 cm³/mol. The summed E-state index contributed by atoms with van der Waals surface area (Å²) in [5.74, 6) is -0.329. The third-order valence-electron chi connectivity index (χ3n) is 5.24. The first kappa shape index (κ1) is 15.8. The Labute approximate surface area is 146 Å². The summed E-state index contributed by atoms with van der Waals surface area (Å²) in [6.45, 7) is 0. The smallest absolute Gasteiger partial charge is 0.196 e. The van der Waals surface area contributed by atoms with Gasteiger partial charge < -0.3 is 16.8 Å². The number of hydrogen-bond acceptors (Lipinski definition) is 5. The Hall–Kier alpha value is -2.66. The highest BCUT2D eigenvalue weighted by atomic mass is 16.1. The first-order valence-electron chi connectivity index (χ1n) is 8.69. The van der Waals surface area contributed by atoms with Crippen molar-refractivity contribution >= 4 is 22.9 Å². The van der Waals surface area contributed by atoms with Crippen LogP contribution in [0.4, 0.5) is 11.4 Å². The normalized spacial score (nSPS) is 22.3. The van der Waals surface area contributed by atoms with Crippen molar-refractivity contribution in [2.45, 2.75) is 37.8 Å². The van der Waals surface area contributed by atoms with Crippen LogP contribution >= 0.6 is 0 Å². The molecule has 2 aromatic carbocycles. The minimum Gasteiger partial charge on any atom is -0.398 e. The number of carbonyl (C=O) groups is 2. The maximum Gasteiger partial charge on any atom is 0.196 e. The molecule has 2 aliphatic rings. The van der Waals surface area contributed by atoms with E-state index in [1.54, 1.807) is 30.3 Å². The molecule has 0 heterocycles. The van der Waals surface area contributed by atoms with Crippen LogP contribution in [-0.4, -0.2) is 23.7 Å². The summed E-state index contributed by atoms with van der Waals surface area (Å²) < 4.78 is 0. The molecule has 1 saturated carbocycles. The summed E-state index contributed by atoms with van der Waals surface area (Å²) in [4.78, 5) is 25.9. The number of carbonyl (C=O) groups excluding carboxylic acids is 2. The van der Waals surface area contributed by atoms with Gasteiger partial charge in [0, 0.05) is 34.6 Å². The van der Waals surface area contributed by atoms with Gasteiger partial charge in [-0.1, -0.05) is 24.3 Å². The Morgan fingerprint density at radius 3 is 2.08 bits per heavy atom. The first-order chi connectivity index (χ1) is 12.1. The number of fused-ring (bicyclic) bond motifs is 2. The summed E-state index contributed by atoms with van der Waals surface area (Å²) >= 11 is 0. The fourth-order valence-corrected chi connectivity index (χ4v) is 3.85. The summed E-state index contributed by atoms with van der Waals surface area (Å²) in [5, 5.41) is 3.45. The monoisotopic (exact) mass is 335 g/mol. The van der Waals surface area contributed by atoms with Gasteiger partial charge in [0.25, 0.3) is 0 Å². The van der Waals surface area contributed by atoms with Gasteiger partial charge in [0.1, 0.15) is 0 Å². The molecule has 4 rings (SSSR count). The minimum absolute atomic E-state index is 0.146. The maximum absolute atomic E-state index is 13.1. The summed E-state index contributed by atoms with van der Waals surface area (Å²) in [6, 6.07) is 10.9. The van der Waals surface area contributed by atoms with E-state index in [0.29, 0.717) is 33.6 Å². The van der Waals surface area contributed by atoms with Crippen LogP contribution in [0.2, 0.25) is 0 Å². The Kier molecular flexibility index (Phi) is 3.81. The lowest BCUT2D eigenvalue weighted by Crippen LogP contribution is -2.33. The Balaban J connectivity index is 1.77. The molecular weight excluding hydrogens is 314 g/mol. The van der Waals surface area contributed by atoms with Crippen molar-refractivity contribution < 1.29 is 9.59 Å². The van der Waals surface area contributed by atoms with Crippen LogP contribution in [0.1, 0.15) is 57.5 Å². The molecule has 1 fully saturated rings. The molecule has 0 spiro atoms. The van der Waals surface area contributed by atoms with Crippen molar-refractivity contribution in [1.29, 1.82) is 0 Å². The van der Waals surface area contributed by atoms with Crippen LogP contribution in [0, 0.1) is 0 Å². The van der Waals surface area contributed by atoms with Gasteiger partial charge in [-0.2, -0.15) is 0 Å². The lowest BCUT2D eigenvalue weighted by molar-refractivity contribution is 0.0980. The SMILES string of the molecule is Nc1ccc(NC2CCC(N)CC2)c2c1C(=O)c1ccccc1C2=O. The number of anilines is 2. The Morgan fingerprint density at radius 2 is 1.44 bits per heavy atom. The minimum atomic E-state index is -0.183. The average Bonchev–Trinajstić information content (AvgIpc) is 2.63. The van der Waals surface area contributed by atoms with Gasteiger partial charge in [0.05, 0.1) is 11.1 Å². The van der Waals surface area contributed by atoms with Gasteiger partial charge in [-0.15, -0.1) is 0 Å². The van der Waals surface area contributed by atoms with E-state index in [0.717, 1.165) is 25.7 Å². The fourth-order valence-electron chi connectivity index (χ4n) is 3.85. The number of ketones is 2. The highest BCUT2D eigenvalue weighted by Crippen LogP contribution is 2.36.